The molecule has 0 aliphatic rings. The number of esters is 1. The van der Waals surface area contributed by atoms with Crippen LogP contribution in [0.2, 0.25) is 0 Å². The van der Waals surface area contributed by atoms with E-state index in [0.29, 0.717) is 17.9 Å². The highest BCUT2D eigenvalue weighted by Gasteiger charge is 2.25. The average molecular weight is 564 g/mol. The molecule has 14 heteroatoms. The Morgan fingerprint density at radius 1 is 1.18 bits per heavy atom. The molecule has 0 unspecified atom stereocenters. The van der Waals surface area contributed by atoms with E-state index in [-0.39, 0.29) is 36.9 Å². The third-order valence-electron chi connectivity index (χ3n) is 5.54. The number of ether oxygens (including phenoxy) is 1. The lowest BCUT2D eigenvalue weighted by Gasteiger charge is -2.19. The smallest absolute Gasteiger partial charge is 0.328 e. The number of nitrogens with one attached hydrogen (secondary N) is 1. The van der Waals surface area contributed by atoms with Crippen LogP contribution in [-0.4, -0.2) is 52.5 Å². The zero-order valence-electron chi connectivity index (χ0n) is 20.6. The average Bonchev–Trinajstić information content (AvgIpc) is 3.22. The maximum atomic E-state index is 12.9. The summed E-state index contributed by atoms with van der Waals surface area (Å²) in [4.78, 5) is 40.4. The minimum atomic E-state index is -0.958. The third-order valence-corrected chi connectivity index (χ3v) is 6.58. The number of nitrogens with zero attached hydrogens (tertiary/aromatic N) is 3. The van der Waals surface area contributed by atoms with Gasteiger partial charge in [0.15, 0.2) is 5.96 Å². The monoisotopic (exact) mass is 563 g/mol. The second-order valence-electron chi connectivity index (χ2n) is 8.16. The van der Waals surface area contributed by atoms with Crippen LogP contribution in [0.1, 0.15) is 18.4 Å². The van der Waals surface area contributed by atoms with Gasteiger partial charge in [-0.3, -0.25) is 23.9 Å². The maximum absolute atomic E-state index is 12.9. The third kappa shape index (κ3) is 7.84. The summed E-state index contributed by atoms with van der Waals surface area (Å²) < 4.78 is 6.62. The molecule has 1 aromatic heterocycles. The number of amides is 1. The minimum Gasteiger partial charge on any atom is -0.467 e. The number of aromatic nitrogens is 1. The van der Waals surface area contributed by atoms with Crippen LogP contribution >= 0.6 is 24.4 Å². The van der Waals surface area contributed by atoms with Crippen molar-refractivity contribution in [3.05, 3.63) is 70.4 Å². The van der Waals surface area contributed by atoms with Gasteiger partial charge in [-0.1, -0.05) is 30.3 Å². The predicted octanol–water partition coefficient (Wildman–Crippen LogP) is 2.11. The highest BCUT2D eigenvalue weighted by molar-refractivity contribution is 7.98. The van der Waals surface area contributed by atoms with Crippen molar-refractivity contribution in [3.8, 4) is 0 Å². The molecular formula is C24H30ClN7O5S. The first-order valence-corrected chi connectivity index (χ1v) is 12.2. The number of fused-ring (bicyclic) bond motifs is 1. The number of guanidine groups is 1. The van der Waals surface area contributed by atoms with Gasteiger partial charge in [0.1, 0.15) is 10.9 Å². The van der Waals surface area contributed by atoms with Crippen molar-refractivity contribution in [2.45, 2.75) is 36.2 Å². The molecule has 204 valence electrons. The van der Waals surface area contributed by atoms with Gasteiger partial charge in [0.2, 0.25) is 5.91 Å². The van der Waals surface area contributed by atoms with E-state index in [2.05, 4.69) is 10.3 Å². The molecule has 3 rings (SSSR count). The molecule has 7 N–H and O–H groups in total. The number of benzene rings is 2. The first kappa shape index (κ1) is 30.4. The Hall–Kier alpha value is -3.81. The Morgan fingerprint density at radius 2 is 1.87 bits per heavy atom. The van der Waals surface area contributed by atoms with Gasteiger partial charge in [0.25, 0.3) is 5.69 Å². The van der Waals surface area contributed by atoms with Crippen LogP contribution < -0.4 is 22.5 Å². The van der Waals surface area contributed by atoms with Crippen molar-refractivity contribution < 1.29 is 19.2 Å². The van der Waals surface area contributed by atoms with Crippen molar-refractivity contribution in [2.75, 3.05) is 13.7 Å². The molecule has 0 fully saturated rings. The van der Waals surface area contributed by atoms with Crippen LogP contribution in [0.5, 0.6) is 0 Å². The number of carbonyl (C=O) groups is 2. The van der Waals surface area contributed by atoms with E-state index >= 15 is 0 Å². The van der Waals surface area contributed by atoms with E-state index in [4.69, 9.17) is 21.9 Å². The summed E-state index contributed by atoms with van der Waals surface area (Å²) in [5, 5.41) is 15.0. The Kier molecular flexibility index (Phi) is 11.4. The Balaban J connectivity index is 0.00000507. The van der Waals surface area contributed by atoms with Crippen molar-refractivity contribution >= 4 is 58.8 Å². The molecule has 0 spiro atoms. The summed E-state index contributed by atoms with van der Waals surface area (Å²) in [7, 11) is 1.24. The van der Waals surface area contributed by atoms with Crippen LogP contribution in [0, 0.1) is 10.1 Å². The summed E-state index contributed by atoms with van der Waals surface area (Å²) in [6, 6.07) is 12.1. The van der Waals surface area contributed by atoms with E-state index in [9.17, 15) is 19.7 Å². The van der Waals surface area contributed by atoms with Gasteiger partial charge >= 0.3 is 5.97 Å². The number of halogens is 1. The molecule has 3 aromatic rings. The Bertz CT molecular complexity index is 1310. The van der Waals surface area contributed by atoms with E-state index in [1.807, 2.05) is 34.4 Å². The number of rotatable bonds is 12. The zero-order chi connectivity index (χ0) is 26.9. The van der Waals surface area contributed by atoms with Crippen LogP contribution in [0.25, 0.3) is 10.9 Å². The summed E-state index contributed by atoms with van der Waals surface area (Å²) >= 11 is 1.20. The standard InChI is InChI=1S/C24H29N7O5S.ClH/c1-36-23(33)18(8-6-12-28-24(26)27)29-22(32)17(25)13-15-14-30(19-9-3-2-7-16(15)19)37-21-11-5-4-10-20(21)31(34)35;/h2-5,7,9-11,14,17-18H,6,8,12-13,25H2,1H3,(H,29,32)(H4,26,27,28);1H/t17-,18-;/m1./s1. The second kappa shape index (κ2) is 14.2. The quantitative estimate of drug-likeness (QED) is 0.0637. The molecule has 1 heterocycles. The molecule has 0 aliphatic carbocycles. The van der Waals surface area contributed by atoms with Gasteiger partial charge in [-0.25, -0.2) is 4.79 Å². The predicted molar refractivity (Wildman–Crippen MR) is 149 cm³/mol. The van der Waals surface area contributed by atoms with E-state index in [1.54, 1.807) is 18.2 Å². The molecule has 0 aliphatic heterocycles. The van der Waals surface area contributed by atoms with Crippen molar-refractivity contribution in [1.82, 2.24) is 9.29 Å². The largest absolute Gasteiger partial charge is 0.467 e. The van der Waals surface area contributed by atoms with Gasteiger partial charge in [-0.15, -0.1) is 12.4 Å². The number of methoxy groups -OCH3 is 1. The lowest BCUT2D eigenvalue weighted by Crippen LogP contribution is -2.49. The molecule has 0 radical (unpaired) electrons. The lowest BCUT2D eigenvalue weighted by molar-refractivity contribution is -0.387. The van der Waals surface area contributed by atoms with E-state index in [0.717, 1.165) is 16.5 Å². The molecule has 0 saturated heterocycles. The number of para-hydroxylation sites is 2. The Labute approximate surface area is 229 Å². The summed E-state index contributed by atoms with van der Waals surface area (Å²) in [6.45, 7) is 0.300. The molecule has 1 amide bonds. The molecule has 2 atom stereocenters. The number of hydrogen-bond donors (Lipinski definition) is 4. The molecule has 38 heavy (non-hydrogen) atoms. The highest BCUT2D eigenvalue weighted by atomic mass is 35.5. The first-order chi connectivity index (χ1) is 17.7. The topological polar surface area (TPSA) is 194 Å². The number of nitrogens with two attached hydrogens (primary N) is 3. The van der Waals surface area contributed by atoms with Gasteiger partial charge < -0.3 is 27.3 Å². The number of carbonyl (C=O) groups excluding carboxylic acids is 2. The lowest BCUT2D eigenvalue weighted by atomic mass is 10.0. The molecule has 0 bridgehead atoms. The van der Waals surface area contributed by atoms with Crippen LogP contribution in [-0.2, 0) is 20.7 Å². The van der Waals surface area contributed by atoms with Gasteiger partial charge in [-0.2, -0.15) is 0 Å². The SMILES string of the molecule is COC(=O)[C@@H](CCCN=C(N)N)NC(=O)[C@H](N)Cc1cn(Sc2ccccc2[N+](=O)[O-])c2ccccc12.Cl. The molecule has 2 aromatic carbocycles. The van der Waals surface area contributed by atoms with Crippen molar-refractivity contribution in [2.24, 2.45) is 22.2 Å². The first-order valence-electron chi connectivity index (χ1n) is 11.4. The highest BCUT2D eigenvalue weighted by Crippen LogP contribution is 2.34. The summed E-state index contributed by atoms with van der Waals surface area (Å²) in [5.41, 5.74) is 18.4. The molecule has 12 nitrogen and oxygen atoms in total. The second-order valence-corrected chi connectivity index (χ2v) is 9.17. The molecule has 0 saturated carbocycles. The van der Waals surface area contributed by atoms with Crippen LogP contribution in [0.3, 0.4) is 0 Å². The van der Waals surface area contributed by atoms with Crippen LogP contribution in [0.4, 0.5) is 5.69 Å². The van der Waals surface area contributed by atoms with Crippen LogP contribution in [0.15, 0.2) is 64.6 Å². The molecular weight excluding hydrogens is 534 g/mol. The van der Waals surface area contributed by atoms with Crippen molar-refractivity contribution in [1.29, 1.82) is 0 Å². The fraction of sp³-hybridized carbons (Fsp3) is 0.292. The van der Waals surface area contributed by atoms with E-state index < -0.39 is 28.9 Å². The minimum absolute atomic E-state index is 0. The zero-order valence-corrected chi connectivity index (χ0v) is 22.2. The summed E-state index contributed by atoms with van der Waals surface area (Å²) in [5.74, 6) is -1.16. The fourth-order valence-corrected chi connectivity index (χ4v) is 4.78. The fourth-order valence-electron chi connectivity index (χ4n) is 3.75. The normalized spacial score (nSPS) is 12.2. The number of hydrogen-bond acceptors (Lipinski definition) is 8. The van der Waals surface area contributed by atoms with Crippen molar-refractivity contribution in [3.63, 3.8) is 0 Å². The number of nitro benzene ring substituents is 1. The summed E-state index contributed by atoms with van der Waals surface area (Å²) in [6.07, 6.45) is 2.71. The van der Waals surface area contributed by atoms with Gasteiger partial charge in [-0.05, 0) is 48.9 Å². The maximum Gasteiger partial charge on any atom is 0.328 e. The van der Waals surface area contributed by atoms with Gasteiger partial charge in [0, 0.05) is 24.2 Å². The van der Waals surface area contributed by atoms with Gasteiger partial charge in [0.05, 0.1) is 23.6 Å². The number of aliphatic imine (C=N–C) groups is 1. The number of nitro groups is 1. The van der Waals surface area contributed by atoms with E-state index in [1.165, 1.54) is 25.1 Å². The Morgan fingerprint density at radius 3 is 2.55 bits per heavy atom.